The molecular weight excluding hydrogens is 260 g/mol. The van der Waals surface area contributed by atoms with E-state index in [0.29, 0.717) is 18.0 Å². The standard InChI is InChI=1S/C17H32N4/c1-3-14(2)21-12-11-16(20-21)13-17(19-18)15-9-7-5-4-6-8-10-15/h11-12,14-15,17,19H,3-10,13,18H2,1-2H3. The van der Waals surface area contributed by atoms with Crippen molar-refractivity contribution in [3.05, 3.63) is 18.0 Å². The van der Waals surface area contributed by atoms with Crippen LogP contribution >= 0.6 is 0 Å². The third kappa shape index (κ3) is 4.82. The summed E-state index contributed by atoms with van der Waals surface area (Å²) in [5.41, 5.74) is 4.24. The summed E-state index contributed by atoms with van der Waals surface area (Å²) in [6.07, 6.45) is 13.7. The lowest BCUT2D eigenvalue weighted by Gasteiger charge is -2.27. The van der Waals surface area contributed by atoms with Gasteiger partial charge in [-0.05, 0) is 38.2 Å². The van der Waals surface area contributed by atoms with Gasteiger partial charge in [0.2, 0.25) is 0 Å². The van der Waals surface area contributed by atoms with Crippen LogP contribution in [0, 0.1) is 5.92 Å². The van der Waals surface area contributed by atoms with Gasteiger partial charge in [0.1, 0.15) is 0 Å². The van der Waals surface area contributed by atoms with Crippen molar-refractivity contribution >= 4 is 0 Å². The molecule has 3 N–H and O–H groups in total. The molecule has 2 atom stereocenters. The monoisotopic (exact) mass is 292 g/mol. The minimum absolute atomic E-state index is 0.364. The smallest absolute Gasteiger partial charge is 0.0640 e. The van der Waals surface area contributed by atoms with E-state index in [4.69, 9.17) is 10.9 Å². The molecule has 2 unspecified atom stereocenters. The molecule has 1 aromatic rings. The number of nitrogens with two attached hydrogens (primary N) is 1. The summed E-state index contributed by atoms with van der Waals surface area (Å²) >= 11 is 0. The Morgan fingerprint density at radius 3 is 2.57 bits per heavy atom. The van der Waals surface area contributed by atoms with Crippen molar-refractivity contribution in [2.75, 3.05) is 0 Å². The van der Waals surface area contributed by atoms with E-state index in [1.165, 1.54) is 50.6 Å². The van der Waals surface area contributed by atoms with Gasteiger partial charge in [-0.2, -0.15) is 5.10 Å². The summed E-state index contributed by atoms with van der Waals surface area (Å²) in [5.74, 6) is 6.55. The molecule has 0 aliphatic heterocycles. The molecule has 0 bridgehead atoms. The van der Waals surface area contributed by atoms with Crippen LogP contribution in [-0.2, 0) is 6.42 Å². The van der Waals surface area contributed by atoms with Crippen LogP contribution in [0.25, 0.3) is 0 Å². The average molecular weight is 292 g/mol. The molecule has 1 heterocycles. The number of rotatable bonds is 6. The van der Waals surface area contributed by atoms with Crippen molar-refractivity contribution in [1.82, 2.24) is 15.2 Å². The molecule has 120 valence electrons. The zero-order valence-corrected chi connectivity index (χ0v) is 13.7. The summed E-state index contributed by atoms with van der Waals surface area (Å²) in [6.45, 7) is 4.41. The maximum Gasteiger partial charge on any atom is 0.0640 e. The Morgan fingerprint density at radius 1 is 1.29 bits per heavy atom. The second-order valence-electron chi connectivity index (χ2n) is 6.63. The molecule has 0 saturated heterocycles. The normalized spacial score (nSPS) is 20.7. The van der Waals surface area contributed by atoms with Crippen LogP contribution in [0.5, 0.6) is 0 Å². The Kier molecular flexibility index (Phi) is 6.71. The van der Waals surface area contributed by atoms with Crippen molar-refractivity contribution in [3.63, 3.8) is 0 Å². The van der Waals surface area contributed by atoms with Crippen LogP contribution in [0.1, 0.15) is 76.9 Å². The quantitative estimate of drug-likeness (QED) is 0.622. The van der Waals surface area contributed by atoms with Crippen molar-refractivity contribution in [3.8, 4) is 0 Å². The van der Waals surface area contributed by atoms with E-state index in [-0.39, 0.29) is 0 Å². The molecule has 0 spiro atoms. The van der Waals surface area contributed by atoms with Gasteiger partial charge in [-0.25, -0.2) is 0 Å². The Hall–Kier alpha value is -0.870. The van der Waals surface area contributed by atoms with E-state index < -0.39 is 0 Å². The van der Waals surface area contributed by atoms with Crippen LogP contribution in [0.3, 0.4) is 0 Å². The minimum atomic E-state index is 0.364. The number of hydrogen-bond donors (Lipinski definition) is 2. The van der Waals surface area contributed by atoms with Crippen molar-refractivity contribution in [1.29, 1.82) is 0 Å². The zero-order valence-electron chi connectivity index (χ0n) is 13.7. The topological polar surface area (TPSA) is 55.9 Å². The second-order valence-corrected chi connectivity index (χ2v) is 6.63. The van der Waals surface area contributed by atoms with Gasteiger partial charge in [-0.1, -0.05) is 39.0 Å². The largest absolute Gasteiger partial charge is 0.271 e. The lowest BCUT2D eigenvalue weighted by Crippen LogP contribution is -2.42. The first-order chi connectivity index (χ1) is 10.2. The summed E-state index contributed by atoms with van der Waals surface area (Å²) in [6, 6.07) is 2.99. The molecule has 4 nitrogen and oxygen atoms in total. The highest BCUT2D eigenvalue weighted by Crippen LogP contribution is 2.26. The van der Waals surface area contributed by atoms with Gasteiger partial charge in [0, 0.05) is 24.7 Å². The molecule has 1 aromatic heterocycles. The fourth-order valence-electron chi connectivity index (χ4n) is 3.40. The first-order valence-corrected chi connectivity index (χ1v) is 8.74. The third-order valence-electron chi connectivity index (χ3n) is 5.07. The summed E-state index contributed by atoms with van der Waals surface area (Å²) in [4.78, 5) is 0. The van der Waals surface area contributed by atoms with Crippen LogP contribution in [0.4, 0.5) is 0 Å². The highest BCUT2D eigenvalue weighted by atomic mass is 15.3. The van der Waals surface area contributed by atoms with Crippen LogP contribution in [0.2, 0.25) is 0 Å². The van der Waals surface area contributed by atoms with E-state index in [1.807, 2.05) is 0 Å². The Bertz CT molecular complexity index is 393. The average Bonchev–Trinajstić information content (AvgIpc) is 2.93. The van der Waals surface area contributed by atoms with Crippen LogP contribution in [0.15, 0.2) is 12.3 Å². The lowest BCUT2D eigenvalue weighted by atomic mass is 9.84. The molecular formula is C17H32N4. The number of nitrogens with zero attached hydrogens (tertiary/aromatic N) is 2. The van der Waals surface area contributed by atoms with Crippen molar-refractivity contribution < 1.29 is 0 Å². The molecule has 0 aromatic carbocycles. The van der Waals surface area contributed by atoms with Gasteiger partial charge in [0.15, 0.2) is 0 Å². The maximum atomic E-state index is 5.85. The first-order valence-electron chi connectivity index (χ1n) is 8.74. The molecule has 1 aliphatic carbocycles. The number of aromatic nitrogens is 2. The van der Waals surface area contributed by atoms with Crippen LogP contribution in [-0.4, -0.2) is 15.8 Å². The highest BCUT2D eigenvalue weighted by molar-refractivity contribution is 5.03. The molecule has 0 amide bonds. The van der Waals surface area contributed by atoms with Gasteiger partial charge < -0.3 is 0 Å². The van der Waals surface area contributed by atoms with E-state index in [9.17, 15) is 0 Å². The molecule has 1 saturated carbocycles. The van der Waals surface area contributed by atoms with E-state index in [2.05, 4.69) is 36.2 Å². The fraction of sp³-hybridized carbons (Fsp3) is 0.824. The van der Waals surface area contributed by atoms with Gasteiger partial charge in [0.25, 0.3) is 0 Å². The third-order valence-corrected chi connectivity index (χ3v) is 5.07. The van der Waals surface area contributed by atoms with Gasteiger partial charge in [-0.15, -0.1) is 0 Å². The summed E-state index contributed by atoms with van der Waals surface area (Å²) in [5, 5.41) is 4.73. The molecule has 1 fully saturated rings. The van der Waals surface area contributed by atoms with E-state index in [0.717, 1.165) is 12.8 Å². The second kappa shape index (κ2) is 8.54. The highest BCUT2D eigenvalue weighted by Gasteiger charge is 2.22. The zero-order chi connectivity index (χ0) is 15.1. The Labute approximate surface area is 129 Å². The predicted molar refractivity (Wildman–Crippen MR) is 87.9 cm³/mol. The SMILES string of the molecule is CCC(C)n1ccc(CC(NN)C2CCCCCCC2)n1. The van der Waals surface area contributed by atoms with Gasteiger partial charge in [0.05, 0.1) is 5.69 Å². The molecule has 1 aliphatic rings. The lowest BCUT2D eigenvalue weighted by molar-refractivity contribution is 0.283. The van der Waals surface area contributed by atoms with E-state index in [1.54, 1.807) is 0 Å². The number of nitrogens with one attached hydrogen (secondary N) is 1. The Balaban J connectivity index is 1.95. The predicted octanol–water partition coefficient (Wildman–Crippen LogP) is 3.59. The van der Waals surface area contributed by atoms with E-state index >= 15 is 0 Å². The summed E-state index contributed by atoms with van der Waals surface area (Å²) < 4.78 is 2.08. The van der Waals surface area contributed by atoms with Crippen molar-refractivity contribution in [2.24, 2.45) is 11.8 Å². The maximum absolute atomic E-state index is 5.85. The number of hydrogen-bond acceptors (Lipinski definition) is 3. The van der Waals surface area contributed by atoms with Gasteiger partial charge >= 0.3 is 0 Å². The Morgan fingerprint density at radius 2 is 1.95 bits per heavy atom. The van der Waals surface area contributed by atoms with Gasteiger partial charge in [-0.3, -0.25) is 16.0 Å². The minimum Gasteiger partial charge on any atom is -0.271 e. The number of hydrazine groups is 1. The summed E-state index contributed by atoms with van der Waals surface area (Å²) in [7, 11) is 0. The molecule has 4 heteroatoms. The molecule has 0 radical (unpaired) electrons. The molecule has 2 rings (SSSR count). The van der Waals surface area contributed by atoms with Crippen LogP contribution < -0.4 is 11.3 Å². The van der Waals surface area contributed by atoms with Crippen molar-refractivity contribution in [2.45, 2.75) is 83.7 Å². The molecule has 21 heavy (non-hydrogen) atoms. The first kappa shape index (κ1) is 16.5. The fourth-order valence-corrected chi connectivity index (χ4v) is 3.40.